The third-order valence-electron chi connectivity index (χ3n) is 3.46. The number of nitrogens with zero attached hydrogens (tertiary/aromatic N) is 2. The Morgan fingerprint density at radius 2 is 2.10 bits per heavy atom. The van der Waals surface area contributed by atoms with Crippen LogP contribution >= 0.6 is 0 Å². The largest absolute Gasteiger partial charge is 0.497 e. The molecular formula is C15H21N3O2. The monoisotopic (exact) mass is 275 g/mol. The van der Waals surface area contributed by atoms with Gasteiger partial charge >= 0.3 is 0 Å². The van der Waals surface area contributed by atoms with Crippen molar-refractivity contribution in [1.82, 2.24) is 14.9 Å². The summed E-state index contributed by atoms with van der Waals surface area (Å²) in [6.07, 6.45) is 3.79. The third-order valence-corrected chi connectivity index (χ3v) is 3.46. The van der Waals surface area contributed by atoms with Gasteiger partial charge in [-0.3, -0.25) is 0 Å². The quantitative estimate of drug-likeness (QED) is 0.877. The van der Waals surface area contributed by atoms with Gasteiger partial charge < -0.3 is 19.4 Å². The third kappa shape index (κ3) is 2.93. The molecule has 108 valence electrons. The molecule has 0 radical (unpaired) electrons. The lowest BCUT2D eigenvalue weighted by molar-refractivity contribution is 0.385. The molecule has 1 N–H and O–H groups in total. The lowest BCUT2D eigenvalue weighted by Gasteiger charge is -2.21. The summed E-state index contributed by atoms with van der Waals surface area (Å²) in [7, 11) is 5.29. The van der Waals surface area contributed by atoms with Crippen molar-refractivity contribution in [3.8, 4) is 11.5 Å². The molecule has 1 unspecified atom stereocenters. The predicted octanol–water partition coefficient (Wildman–Crippen LogP) is 2.17. The van der Waals surface area contributed by atoms with Crippen LogP contribution in [0.15, 0.2) is 30.6 Å². The number of aryl methyl sites for hydroxylation is 1. The molecule has 0 amide bonds. The van der Waals surface area contributed by atoms with Crippen molar-refractivity contribution < 1.29 is 9.47 Å². The van der Waals surface area contributed by atoms with Gasteiger partial charge in [0.15, 0.2) is 0 Å². The fraction of sp³-hybridized carbons (Fsp3) is 0.400. The molecule has 0 fully saturated rings. The van der Waals surface area contributed by atoms with Crippen LogP contribution < -0.4 is 14.8 Å². The number of likely N-dealkylation sites (N-methyl/N-ethyl adjacent to an activating group) is 1. The van der Waals surface area contributed by atoms with Crippen molar-refractivity contribution in [3.63, 3.8) is 0 Å². The maximum Gasteiger partial charge on any atom is 0.123 e. The Kier molecular flexibility index (Phi) is 4.63. The summed E-state index contributed by atoms with van der Waals surface area (Å²) in [5.74, 6) is 2.67. The van der Waals surface area contributed by atoms with E-state index in [1.54, 1.807) is 14.2 Å². The van der Waals surface area contributed by atoms with Gasteiger partial charge in [-0.25, -0.2) is 4.98 Å². The lowest BCUT2D eigenvalue weighted by Crippen LogP contribution is -2.23. The van der Waals surface area contributed by atoms with E-state index in [1.165, 1.54) is 0 Å². The topological polar surface area (TPSA) is 48.3 Å². The number of ether oxygens (including phenoxy) is 2. The number of methoxy groups -OCH3 is 2. The minimum absolute atomic E-state index is 0.118. The average molecular weight is 275 g/mol. The molecule has 1 atom stereocenters. The zero-order valence-corrected chi connectivity index (χ0v) is 12.4. The van der Waals surface area contributed by atoms with E-state index >= 15 is 0 Å². The SMILES string of the molecule is CNC(Cn1ccnc1C)c1cc(OC)ccc1OC. The van der Waals surface area contributed by atoms with Crippen LogP contribution in [0.2, 0.25) is 0 Å². The standard InChI is InChI=1S/C15H21N3O2/c1-11-17-7-8-18(11)10-14(16-2)13-9-12(19-3)5-6-15(13)20-4/h5-9,14,16H,10H2,1-4H3. The fourth-order valence-corrected chi connectivity index (χ4v) is 2.25. The second kappa shape index (κ2) is 6.43. The van der Waals surface area contributed by atoms with Gasteiger partial charge in [0.1, 0.15) is 17.3 Å². The van der Waals surface area contributed by atoms with E-state index in [4.69, 9.17) is 9.47 Å². The fourth-order valence-electron chi connectivity index (χ4n) is 2.25. The van der Waals surface area contributed by atoms with Crippen molar-refractivity contribution in [2.45, 2.75) is 19.5 Å². The molecule has 1 aromatic carbocycles. The molecule has 1 aromatic heterocycles. The maximum atomic E-state index is 5.46. The molecule has 0 aliphatic heterocycles. The normalized spacial score (nSPS) is 12.2. The van der Waals surface area contributed by atoms with Crippen LogP contribution in [0.3, 0.4) is 0 Å². The Morgan fingerprint density at radius 3 is 2.65 bits per heavy atom. The molecule has 0 bridgehead atoms. The molecule has 2 aromatic rings. The van der Waals surface area contributed by atoms with Crippen LogP contribution in [0, 0.1) is 6.92 Å². The smallest absolute Gasteiger partial charge is 0.123 e. The van der Waals surface area contributed by atoms with E-state index < -0.39 is 0 Å². The Morgan fingerprint density at radius 1 is 1.30 bits per heavy atom. The average Bonchev–Trinajstić information content (AvgIpc) is 2.89. The minimum atomic E-state index is 0.118. The molecule has 20 heavy (non-hydrogen) atoms. The number of benzene rings is 1. The van der Waals surface area contributed by atoms with Gasteiger partial charge in [-0.2, -0.15) is 0 Å². The van der Waals surface area contributed by atoms with Crippen LogP contribution in [-0.4, -0.2) is 30.8 Å². The Bertz CT molecular complexity index is 566. The van der Waals surface area contributed by atoms with Crippen molar-refractivity contribution in [1.29, 1.82) is 0 Å². The van der Waals surface area contributed by atoms with E-state index in [9.17, 15) is 0 Å². The summed E-state index contributed by atoms with van der Waals surface area (Å²) in [5.41, 5.74) is 1.07. The van der Waals surface area contributed by atoms with Crippen LogP contribution in [0.5, 0.6) is 11.5 Å². The number of aromatic nitrogens is 2. The van der Waals surface area contributed by atoms with Gasteiger partial charge in [-0.1, -0.05) is 0 Å². The zero-order valence-electron chi connectivity index (χ0n) is 12.4. The van der Waals surface area contributed by atoms with E-state index in [2.05, 4.69) is 14.9 Å². The van der Waals surface area contributed by atoms with E-state index in [0.29, 0.717) is 0 Å². The van der Waals surface area contributed by atoms with Crippen LogP contribution in [0.4, 0.5) is 0 Å². The number of hydrogen-bond donors (Lipinski definition) is 1. The van der Waals surface area contributed by atoms with Gasteiger partial charge in [0.25, 0.3) is 0 Å². The summed E-state index contributed by atoms with van der Waals surface area (Å²) < 4.78 is 12.9. The molecule has 1 heterocycles. The second-order valence-corrected chi connectivity index (χ2v) is 4.58. The van der Waals surface area contributed by atoms with Gasteiger partial charge in [0.05, 0.1) is 20.3 Å². The molecule has 0 spiro atoms. The van der Waals surface area contributed by atoms with Gasteiger partial charge in [-0.05, 0) is 32.2 Å². The van der Waals surface area contributed by atoms with Gasteiger partial charge in [-0.15, -0.1) is 0 Å². The van der Waals surface area contributed by atoms with Crippen molar-refractivity contribution in [3.05, 3.63) is 42.0 Å². The molecule has 5 nitrogen and oxygen atoms in total. The second-order valence-electron chi connectivity index (χ2n) is 4.58. The first kappa shape index (κ1) is 14.4. The lowest BCUT2D eigenvalue weighted by atomic mass is 10.0. The molecule has 0 saturated heterocycles. The first-order valence-corrected chi connectivity index (χ1v) is 6.56. The summed E-state index contributed by atoms with van der Waals surface area (Å²) in [6, 6.07) is 5.95. The van der Waals surface area contributed by atoms with E-state index in [1.807, 2.05) is 44.6 Å². The molecule has 5 heteroatoms. The molecular weight excluding hydrogens is 254 g/mol. The van der Waals surface area contributed by atoms with Crippen molar-refractivity contribution in [2.24, 2.45) is 0 Å². The summed E-state index contributed by atoms with van der Waals surface area (Å²) in [4.78, 5) is 4.25. The minimum Gasteiger partial charge on any atom is -0.497 e. The molecule has 0 aliphatic rings. The number of hydrogen-bond acceptors (Lipinski definition) is 4. The van der Waals surface area contributed by atoms with Crippen LogP contribution in [-0.2, 0) is 6.54 Å². The van der Waals surface area contributed by atoms with Crippen LogP contribution in [0.1, 0.15) is 17.4 Å². The van der Waals surface area contributed by atoms with E-state index in [0.717, 1.165) is 29.4 Å². The van der Waals surface area contributed by atoms with Crippen molar-refractivity contribution >= 4 is 0 Å². The summed E-state index contributed by atoms with van der Waals surface area (Å²) in [6.45, 7) is 2.78. The first-order chi connectivity index (χ1) is 9.69. The Labute approximate surface area is 119 Å². The molecule has 0 aliphatic carbocycles. The Hall–Kier alpha value is -2.01. The Balaban J connectivity index is 2.33. The number of rotatable bonds is 6. The highest BCUT2D eigenvalue weighted by Gasteiger charge is 2.16. The zero-order chi connectivity index (χ0) is 14.5. The highest BCUT2D eigenvalue weighted by atomic mass is 16.5. The maximum absolute atomic E-state index is 5.46. The first-order valence-electron chi connectivity index (χ1n) is 6.56. The predicted molar refractivity (Wildman–Crippen MR) is 78.3 cm³/mol. The molecule has 2 rings (SSSR count). The highest BCUT2D eigenvalue weighted by Crippen LogP contribution is 2.30. The number of nitrogens with one attached hydrogen (secondary N) is 1. The van der Waals surface area contributed by atoms with Gasteiger partial charge in [0, 0.05) is 24.5 Å². The van der Waals surface area contributed by atoms with Gasteiger partial charge in [0.2, 0.25) is 0 Å². The molecule has 0 saturated carbocycles. The van der Waals surface area contributed by atoms with Crippen LogP contribution in [0.25, 0.3) is 0 Å². The highest BCUT2D eigenvalue weighted by molar-refractivity contribution is 5.42. The summed E-state index contributed by atoms with van der Waals surface area (Å²) in [5, 5.41) is 3.33. The van der Waals surface area contributed by atoms with Crippen molar-refractivity contribution in [2.75, 3.05) is 21.3 Å². The number of imidazole rings is 1. The summed E-state index contributed by atoms with van der Waals surface area (Å²) >= 11 is 0. The van der Waals surface area contributed by atoms with E-state index in [-0.39, 0.29) is 6.04 Å².